The lowest BCUT2D eigenvalue weighted by atomic mass is 10.1. The summed E-state index contributed by atoms with van der Waals surface area (Å²) >= 11 is 0. The van der Waals surface area contributed by atoms with Gasteiger partial charge in [-0.25, -0.2) is 9.07 Å². The molecule has 3 aromatic heterocycles. The van der Waals surface area contributed by atoms with E-state index in [1.807, 2.05) is 19.9 Å². The van der Waals surface area contributed by atoms with Crippen LogP contribution in [0.4, 0.5) is 10.2 Å². The molecule has 0 aliphatic heterocycles. The molecule has 1 aromatic carbocycles. The van der Waals surface area contributed by atoms with Gasteiger partial charge in [-0.2, -0.15) is 5.10 Å². The van der Waals surface area contributed by atoms with Crippen molar-refractivity contribution >= 4 is 11.5 Å². The molecule has 0 aliphatic carbocycles. The van der Waals surface area contributed by atoms with Crippen molar-refractivity contribution in [2.45, 2.75) is 19.9 Å². The second-order valence-electron chi connectivity index (χ2n) is 5.68. The summed E-state index contributed by atoms with van der Waals surface area (Å²) in [5.41, 5.74) is 3.38. The number of fused-ring (bicyclic) bond motifs is 1. The zero-order valence-corrected chi connectivity index (χ0v) is 13.6. The summed E-state index contributed by atoms with van der Waals surface area (Å²) in [5.74, 6) is 0.383. The fraction of sp³-hybridized carbons (Fsp3) is 0.188. The van der Waals surface area contributed by atoms with Gasteiger partial charge in [0.1, 0.15) is 11.6 Å². The molecule has 4 rings (SSSR count). The quantitative estimate of drug-likeness (QED) is 0.615. The van der Waals surface area contributed by atoms with Gasteiger partial charge in [0, 0.05) is 11.3 Å². The monoisotopic (exact) mass is 338 g/mol. The van der Waals surface area contributed by atoms with Gasteiger partial charge in [-0.15, -0.1) is 14.8 Å². The van der Waals surface area contributed by atoms with Crippen LogP contribution in [0.3, 0.4) is 0 Å². The number of nitrogens with zero attached hydrogens (tertiary/aromatic N) is 7. The van der Waals surface area contributed by atoms with Crippen LogP contribution in [0.5, 0.6) is 0 Å². The highest BCUT2D eigenvalue weighted by molar-refractivity contribution is 5.44. The predicted octanol–water partition coefficient (Wildman–Crippen LogP) is 2.33. The molecule has 1 atom stereocenters. The Morgan fingerprint density at radius 1 is 1.12 bits per heavy atom. The van der Waals surface area contributed by atoms with Crippen molar-refractivity contribution in [3.63, 3.8) is 0 Å². The summed E-state index contributed by atoms with van der Waals surface area (Å²) in [6.45, 7) is 3.99. The molecule has 4 aromatic rings. The number of hydrogen-bond donors (Lipinski definition) is 1. The molecule has 0 spiro atoms. The van der Waals surface area contributed by atoms with Crippen molar-refractivity contribution in [3.8, 4) is 5.69 Å². The van der Waals surface area contributed by atoms with E-state index >= 15 is 0 Å². The lowest BCUT2D eigenvalue weighted by Crippen LogP contribution is -2.11. The van der Waals surface area contributed by atoms with Crippen LogP contribution in [0.15, 0.2) is 42.6 Å². The van der Waals surface area contributed by atoms with Gasteiger partial charge in [0.15, 0.2) is 5.65 Å². The fourth-order valence-electron chi connectivity index (χ4n) is 2.72. The van der Waals surface area contributed by atoms with Crippen molar-refractivity contribution in [3.05, 3.63) is 59.7 Å². The van der Waals surface area contributed by atoms with E-state index in [1.165, 1.54) is 16.8 Å². The fourth-order valence-corrected chi connectivity index (χ4v) is 2.72. The van der Waals surface area contributed by atoms with Crippen LogP contribution in [-0.4, -0.2) is 35.0 Å². The van der Waals surface area contributed by atoms with Crippen molar-refractivity contribution < 1.29 is 4.39 Å². The molecule has 0 bridgehead atoms. The van der Waals surface area contributed by atoms with Gasteiger partial charge < -0.3 is 5.32 Å². The Morgan fingerprint density at radius 3 is 2.72 bits per heavy atom. The Morgan fingerprint density at radius 2 is 1.92 bits per heavy atom. The summed E-state index contributed by atoms with van der Waals surface area (Å²) < 4.78 is 16.3. The number of nitrogens with one attached hydrogen (secondary N) is 1. The number of halogens is 1. The Kier molecular flexibility index (Phi) is 3.60. The summed E-state index contributed by atoms with van der Waals surface area (Å²) in [5, 5.41) is 23.2. The minimum Gasteiger partial charge on any atom is -0.362 e. The van der Waals surface area contributed by atoms with Gasteiger partial charge in [0.2, 0.25) is 0 Å². The minimum atomic E-state index is -0.270. The molecule has 0 radical (unpaired) electrons. The number of anilines is 1. The molecular weight excluding hydrogens is 323 g/mol. The Bertz CT molecular complexity index is 1020. The van der Waals surface area contributed by atoms with Crippen molar-refractivity contribution in [1.29, 1.82) is 0 Å². The Labute approximate surface area is 142 Å². The first-order valence-corrected chi connectivity index (χ1v) is 7.74. The lowest BCUT2D eigenvalue weighted by molar-refractivity contribution is 0.627. The van der Waals surface area contributed by atoms with E-state index < -0.39 is 0 Å². The van der Waals surface area contributed by atoms with Gasteiger partial charge in [-0.1, -0.05) is 0 Å². The maximum Gasteiger partial charge on any atom is 0.200 e. The molecule has 25 heavy (non-hydrogen) atoms. The van der Waals surface area contributed by atoms with Crippen LogP contribution in [0, 0.1) is 12.7 Å². The largest absolute Gasteiger partial charge is 0.362 e. The summed E-state index contributed by atoms with van der Waals surface area (Å²) in [7, 11) is 0. The van der Waals surface area contributed by atoms with Crippen molar-refractivity contribution in [2.75, 3.05) is 5.32 Å². The number of benzene rings is 1. The first kappa shape index (κ1) is 15.2. The van der Waals surface area contributed by atoms with Crippen LogP contribution in [-0.2, 0) is 0 Å². The minimum absolute atomic E-state index is 0.0318. The van der Waals surface area contributed by atoms with Crippen LogP contribution in [0.25, 0.3) is 11.3 Å². The van der Waals surface area contributed by atoms with Crippen molar-refractivity contribution in [2.24, 2.45) is 0 Å². The average Bonchev–Trinajstić information content (AvgIpc) is 3.21. The molecule has 3 heterocycles. The SMILES string of the molecule is Cc1c([C@@H](C)Nc2ccc3nnnn3n2)cnn1-c1ccc(F)cc1. The van der Waals surface area contributed by atoms with Crippen LogP contribution in [0.2, 0.25) is 0 Å². The third kappa shape index (κ3) is 2.80. The highest BCUT2D eigenvalue weighted by Gasteiger charge is 2.15. The summed E-state index contributed by atoms with van der Waals surface area (Å²) in [6, 6.07) is 9.82. The summed E-state index contributed by atoms with van der Waals surface area (Å²) in [6.07, 6.45) is 1.80. The second-order valence-corrected chi connectivity index (χ2v) is 5.68. The van der Waals surface area contributed by atoms with Gasteiger partial charge in [-0.05, 0) is 60.7 Å². The highest BCUT2D eigenvalue weighted by atomic mass is 19.1. The molecule has 0 saturated heterocycles. The predicted molar refractivity (Wildman–Crippen MR) is 88.9 cm³/mol. The number of aromatic nitrogens is 7. The van der Waals surface area contributed by atoms with E-state index in [0.29, 0.717) is 11.5 Å². The zero-order valence-electron chi connectivity index (χ0n) is 13.6. The second kappa shape index (κ2) is 5.93. The normalized spacial score (nSPS) is 12.4. The summed E-state index contributed by atoms with van der Waals surface area (Å²) in [4.78, 5) is 0. The van der Waals surface area contributed by atoms with Crippen LogP contribution in [0.1, 0.15) is 24.2 Å². The Balaban J connectivity index is 1.59. The molecule has 8 nitrogen and oxygen atoms in total. The first-order valence-electron chi connectivity index (χ1n) is 7.74. The smallest absolute Gasteiger partial charge is 0.200 e. The molecular formula is C16H15FN8. The van der Waals surface area contributed by atoms with Gasteiger partial charge in [0.25, 0.3) is 0 Å². The van der Waals surface area contributed by atoms with Crippen LogP contribution >= 0.6 is 0 Å². The number of hydrogen-bond acceptors (Lipinski definition) is 6. The molecule has 0 saturated carbocycles. The molecule has 1 N–H and O–H groups in total. The Hall–Kier alpha value is -3.36. The number of tetrazole rings is 1. The standard InChI is InChI=1S/C16H15FN8/c1-10(19-15-7-8-16-20-22-23-25(16)21-15)14-9-18-24(11(14)2)13-5-3-12(17)4-6-13/h3-10H,1-2H3,(H,19,21)/t10-/m1/s1. The lowest BCUT2D eigenvalue weighted by Gasteiger charge is -2.14. The van der Waals surface area contributed by atoms with E-state index in [9.17, 15) is 4.39 Å². The topological polar surface area (TPSA) is 85.8 Å². The molecule has 0 amide bonds. The number of rotatable bonds is 4. The van der Waals surface area contributed by atoms with Gasteiger partial charge in [-0.3, -0.25) is 0 Å². The van der Waals surface area contributed by atoms with E-state index in [0.717, 1.165) is 16.9 Å². The van der Waals surface area contributed by atoms with E-state index in [-0.39, 0.29) is 11.9 Å². The highest BCUT2D eigenvalue weighted by Crippen LogP contribution is 2.23. The van der Waals surface area contributed by atoms with Crippen molar-refractivity contribution in [1.82, 2.24) is 35.0 Å². The molecule has 9 heteroatoms. The molecule has 0 aliphatic rings. The van der Waals surface area contributed by atoms with E-state index in [4.69, 9.17) is 0 Å². The van der Waals surface area contributed by atoms with Gasteiger partial charge in [0.05, 0.1) is 17.9 Å². The molecule has 0 unspecified atom stereocenters. The van der Waals surface area contributed by atoms with E-state index in [1.54, 1.807) is 29.1 Å². The maximum atomic E-state index is 13.1. The third-order valence-corrected chi connectivity index (χ3v) is 4.02. The molecule has 126 valence electrons. The average molecular weight is 338 g/mol. The van der Waals surface area contributed by atoms with E-state index in [2.05, 4.69) is 31.0 Å². The third-order valence-electron chi connectivity index (χ3n) is 4.02. The molecule has 0 fully saturated rings. The first-order chi connectivity index (χ1) is 12.1. The zero-order chi connectivity index (χ0) is 17.4. The van der Waals surface area contributed by atoms with Gasteiger partial charge >= 0.3 is 0 Å². The van der Waals surface area contributed by atoms with Crippen LogP contribution < -0.4 is 5.32 Å². The maximum absolute atomic E-state index is 13.1.